The van der Waals surface area contributed by atoms with Gasteiger partial charge < -0.3 is 22.3 Å². The third-order valence-corrected chi connectivity index (χ3v) is 2.02. The Labute approximate surface area is 81.5 Å². The van der Waals surface area contributed by atoms with Gasteiger partial charge in [0.1, 0.15) is 0 Å². The average Bonchev–Trinajstić information content (AvgIpc) is 2.13. The molecule has 0 spiro atoms. The molecule has 0 aliphatic carbocycles. The van der Waals surface area contributed by atoms with Gasteiger partial charge in [0, 0.05) is 6.42 Å². The molecule has 0 saturated heterocycles. The Bertz CT molecular complexity index is 363. The Morgan fingerprint density at radius 3 is 2.43 bits per heavy atom. The van der Waals surface area contributed by atoms with Crippen LogP contribution in [0.2, 0.25) is 0 Å². The molecule has 0 aliphatic heterocycles. The second-order valence-electron chi connectivity index (χ2n) is 3.04. The molecule has 0 aliphatic rings. The lowest BCUT2D eigenvalue weighted by Gasteiger charge is -2.09. The highest BCUT2D eigenvalue weighted by atomic mass is 16.4. The summed E-state index contributed by atoms with van der Waals surface area (Å²) in [5.41, 5.74) is 18.6. The van der Waals surface area contributed by atoms with Crippen LogP contribution in [0.1, 0.15) is 12.0 Å². The minimum atomic E-state index is -0.861. The molecule has 5 heteroatoms. The van der Waals surface area contributed by atoms with Crippen molar-refractivity contribution in [1.29, 1.82) is 0 Å². The lowest BCUT2D eigenvalue weighted by molar-refractivity contribution is -0.136. The molecule has 0 saturated carbocycles. The average molecular weight is 195 g/mol. The van der Waals surface area contributed by atoms with Crippen molar-refractivity contribution in [1.82, 2.24) is 0 Å². The molecule has 1 aromatic carbocycles. The van der Waals surface area contributed by atoms with E-state index in [2.05, 4.69) is 0 Å². The van der Waals surface area contributed by atoms with E-state index in [9.17, 15) is 4.79 Å². The highest BCUT2D eigenvalue weighted by Crippen LogP contribution is 2.26. The minimum absolute atomic E-state index is 0.0353. The Kier molecular flexibility index (Phi) is 2.81. The first-order valence-electron chi connectivity index (χ1n) is 4.16. The number of hydrogen-bond acceptors (Lipinski definition) is 4. The summed E-state index contributed by atoms with van der Waals surface area (Å²) in [5.74, 6) is -0.861. The van der Waals surface area contributed by atoms with Crippen molar-refractivity contribution >= 4 is 23.0 Å². The summed E-state index contributed by atoms with van der Waals surface area (Å²) >= 11 is 0. The van der Waals surface area contributed by atoms with Crippen LogP contribution in [0.15, 0.2) is 12.1 Å². The van der Waals surface area contributed by atoms with Crippen molar-refractivity contribution in [2.75, 3.05) is 17.2 Å². The number of aryl methyl sites for hydroxylation is 1. The Balaban J connectivity index is 2.88. The maximum absolute atomic E-state index is 10.3. The number of nitrogen functional groups attached to an aromatic ring is 3. The van der Waals surface area contributed by atoms with Crippen LogP contribution in [0.5, 0.6) is 0 Å². The molecule has 14 heavy (non-hydrogen) atoms. The summed E-state index contributed by atoms with van der Waals surface area (Å²) in [7, 11) is 0. The quantitative estimate of drug-likeness (QED) is 0.522. The fourth-order valence-electron chi connectivity index (χ4n) is 1.16. The van der Waals surface area contributed by atoms with Crippen LogP contribution in [0.25, 0.3) is 0 Å². The van der Waals surface area contributed by atoms with E-state index in [-0.39, 0.29) is 6.42 Å². The first-order valence-corrected chi connectivity index (χ1v) is 4.16. The van der Waals surface area contributed by atoms with Crippen molar-refractivity contribution < 1.29 is 9.90 Å². The van der Waals surface area contributed by atoms with Crippen LogP contribution >= 0.6 is 0 Å². The smallest absolute Gasteiger partial charge is 0.303 e. The van der Waals surface area contributed by atoms with E-state index in [0.717, 1.165) is 5.56 Å². The van der Waals surface area contributed by atoms with E-state index in [1.54, 1.807) is 12.1 Å². The van der Waals surface area contributed by atoms with Crippen molar-refractivity contribution in [3.05, 3.63) is 17.7 Å². The van der Waals surface area contributed by atoms with Gasteiger partial charge in [-0.15, -0.1) is 0 Å². The van der Waals surface area contributed by atoms with E-state index in [1.807, 2.05) is 0 Å². The maximum atomic E-state index is 10.3. The second kappa shape index (κ2) is 3.87. The molecule has 1 rings (SSSR count). The van der Waals surface area contributed by atoms with Gasteiger partial charge in [0.25, 0.3) is 0 Å². The molecule has 0 radical (unpaired) electrons. The fraction of sp³-hybridized carbons (Fsp3) is 0.222. The SMILES string of the molecule is Nc1ccc(CCC(=O)O)c(N)c1N. The Hall–Kier alpha value is -1.91. The van der Waals surface area contributed by atoms with Gasteiger partial charge in [0.15, 0.2) is 0 Å². The summed E-state index contributed by atoms with van der Waals surface area (Å²) in [6.07, 6.45) is 0.402. The predicted octanol–water partition coefficient (Wildman–Crippen LogP) is 0.450. The van der Waals surface area contributed by atoms with Crippen LogP contribution in [0.3, 0.4) is 0 Å². The van der Waals surface area contributed by atoms with Crippen molar-refractivity contribution in [2.24, 2.45) is 0 Å². The van der Waals surface area contributed by atoms with Gasteiger partial charge in [-0.25, -0.2) is 0 Å². The number of aliphatic carboxylic acids is 1. The summed E-state index contributed by atoms with van der Waals surface area (Å²) < 4.78 is 0. The maximum Gasteiger partial charge on any atom is 0.303 e. The third kappa shape index (κ3) is 2.07. The number of anilines is 3. The number of benzene rings is 1. The number of hydrogen-bond donors (Lipinski definition) is 4. The van der Waals surface area contributed by atoms with E-state index in [0.29, 0.717) is 23.5 Å². The highest BCUT2D eigenvalue weighted by Gasteiger charge is 2.07. The van der Waals surface area contributed by atoms with Crippen LogP contribution in [0.4, 0.5) is 17.1 Å². The molecule has 0 atom stereocenters. The van der Waals surface area contributed by atoms with Gasteiger partial charge in [0.05, 0.1) is 17.1 Å². The molecule has 7 N–H and O–H groups in total. The van der Waals surface area contributed by atoms with Crippen LogP contribution in [0, 0.1) is 0 Å². The van der Waals surface area contributed by atoms with Crippen LogP contribution in [-0.2, 0) is 11.2 Å². The monoisotopic (exact) mass is 195 g/mol. The standard InChI is InChI=1S/C9H13N3O2/c10-6-3-1-5(2-4-7(13)14)8(11)9(6)12/h1,3H,2,4,10-12H2,(H,13,14). The molecule has 0 amide bonds. The van der Waals surface area contributed by atoms with Gasteiger partial charge in [-0.05, 0) is 18.1 Å². The first kappa shape index (κ1) is 10.2. The minimum Gasteiger partial charge on any atom is -0.481 e. The predicted molar refractivity (Wildman–Crippen MR) is 55.6 cm³/mol. The molecule has 0 aromatic heterocycles. The van der Waals surface area contributed by atoms with Crippen molar-refractivity contribution in [3.63, 3.8) is 0 Å². The molecule has 1 aromatic rings. The third-order valence-electron chi connectivity index (χ3n) is 2.02. The Morgan fingerprint density at radius 1 is 1.21 bits per heavy atom. The zero-order chi connectivity index (χ0) is 10.7. The lowest BCUT2D eigenvalue weighted by Crippen LogP contribution is -2.05. The highest BCUT2D eigenvalue weighted by molar-refractivity contribution is 5.80. The number of carboxylic acid groups (broad SMARTS) is 1. The lowest BCUT2D eigenvalue weighted by atomic mass is 10.1. The van der Waals surface area contributed by atoms with Crippen molar-refractivity contribution in [3.8, 4) is 0 Å². The largest absolute Gasteiger partial charge is 0.481 e. The summed E-state index contributed by atoms with van der Waals surface area (Å²) in [5, 5.41) is 8.49. The molecular formula is C9H13N3O2. The summed E-state index contributed by atoms with van der Waals surface area (Å²) in [6.45, 7) is 0. The number of carbonyl (C=O) groups is 1. The van der Waals surface area contributed by atoms with Gasteiger partial charge >= 0.3 is 5.97 Å². The zero-order valence-corrected chi connectivity index (χ0v) is 7.66. The molecule has 76 valence electrons. The number of nitrogens with two attached hydrogens (primary N) is 3. The van der Waals surface area contributed by atoms with E-state index >= 15 is 0 Å². The normalized spacial score (nSPS) is 10.0. The molecule has 0 bridgehead atoms. The molecule has 0 fully saturated rings. The second-order valence-corrected chi connectivity index (χ2v) is 3.04. The number of rotatable bonds is 3. The van der Waals surface area contributed by atoms with Crippen LogP contribution < -0.4 is 17.2 Å². The summed E-state index contributed by atoms with van der Waals surface area (Å²) in [4.78, 5) is 10.3. The zero-order valence-electron chi connectivity index (χ0n) is 7.66. The van der Waals surface area contributed by atoms with Gasteiger partial charge in [-0.1, -0.05) is 6.07 Å². The van der Waals surface area contributed by atoms with Crippen LogP contribution in [-0.4, -0.2) is 11.1 Å². The first-order chi connectivity index (χ1) is 6.52. The van der Waals surface area contributed by atoms with E-state index in [4.69, 9.17) is 22.3 Å². The van der Waals surface area contributed by atoms with Crippen molar-refractivity contribution in [2.45, 2.75) is 12.8 Å². The summed E-state index contributed by atoms with van der Waals surface area (Å²) in [6, 6.07) is 3.33. The number of carboxylic acids is 1. The van der Waals surface area contributed by atoms with E-state index in [1.165, 1.54) is 0 Å². The van der Waals surface area contributed by atoms with Gasteiger partial charge in [-0.3, -0.25) is 4.79 Å². The fourth-order valence-corrected chi connectivity index (χ4v) is 1.16. The molecular weight excluding hydrogens is 182 g/mol. The van der Waals surface area contributed by atoms with Gasteiger partial charge in [-0.2, -0.15) is 0 Å². The van der Waals surface area contributed by atoms with E-state index < -0.39 is 5.97 Å². The molecule has 5 nitrogen and oxygen atoms in total. The topological polar surface area (TPSA) is 115 Å². The molecule has 0 heterocycles. The molecule has 0 unspecified atom stereocenters. The Morgan fingerprint density at radius 2 is 1.86 bits per heavy atom. The van der Waals surface area contributed by atoms with Gasteiger partial charge in [0.2, 0.25) is 0 Å².